The second kappa shape index (κ2) is 7.02. The van der Waals surface area contributed by atoms with Gasteiger partial charge in [-0.15, -0.1) is 11.3 Å². The summed E-state index contributed by atoms with van der Waals surface area (Å²) in [6.45, 7) is 2.68. The second-order valence-corrected chi connectivity index (χ2v) is 5.91. The highest BCUT2D eigenvalue weighted by atomic mass is 32.1. The van der Waals surface area contributed by atoms with Gasteiger partial charge in [-0.1, -0.05) is 30.3 Å². The van der Waals surface area contributed by atoms with E-state index in [4.69, 9.17) is 5.26 Å². The van der Waals surface area contributed by atoms with Crippen molar-refractivity contribution in [1.29, 1.82) is 5.26 Å². The standard InChI is InChI=1S/C16H17N3OS/c1-12(19(2)11-13-6-4-3-5-7-13)15(20)18-16-14(10-17)8-9-21-16/h3-9,12H,11H2,1-2H3,(H,18,20)/p+1/t12-/m1/s1. The normalized spacial score (nSPS) is 13.2. The van der Waals surface area contributed by atoms with Gasteiger partial charge < -0.3 is 10.2 Å². The van der Waals surface area contributed by atoms with E-state index in [9.17, 15) is 4.79 Å². The summed E-state index contributed by atoms with van der Waals surface area (Å²) in [5.41, 5.74) is 1.71. The van der Waals surface area contributed by atoms with Crippen LogP contribution in [-0.4, -0.2) is 19.0 Å². The Morgan fingerprint density at radius 2 is 2.10 bits per heavy atom. The number of hydrogen-bond donors (Lipinski definition) is 2. The van der Waals surface area contributed by atoms with E-state index in [-0.39, 0.29) is 11.9 Å². The number of nitrogens with zero attached hydrogens (tertiary/aromatic N) is 1. The number of hydrogen-bond acceptors (Lipinski definition) is 3. The summed E-state index contributed by atoms with van der Waals surface area (Å²) in [7, 11) is 2.00. The smallest absolute Gasteiger partial charge is 0.283 e. The Morgan fingerprint density at radius 3 is 2.76 bits per heavy atom. The fourth-order valence-corrected chi connectivity index (χ4v) is 2.75. The molecule has 0 aliphatic heterocycles. The summed E-state index contributed by atoms with van der Waals surface area (Å²) in [5, 5.41) is 14.2. The van der Waals surface area contributed by atoms with Crippen LogP contribution in [0.15, 0.2) is 41.8 Å². The summed E-state index contributed by atoms with van der Waals surface area (Å²) in [4.78, 5) is 13.4. The maximum atomic E-state index is 12.3. The molecule has 0 spiro atoms. The zero-order valence-corrected chi connectivity index (χ0v) is 12.9. The highest BCUT2D eigenvalue weighted by Gasteiger charge is 2.23. The zero-order chi connectivity index (χ0) is 15.2. The van der Waals surface area contributed by atoms with E-state index >= 15 is 0 Å². The Morgan fingerprint density at radius 1 is 1.38 bits per heavy atom. The van der Waals surface area contributed by atoms with Crippen LogP contribution in [0.5, 0.6) is 0 Å². The number of carbonyl (C=O) groups is 1. The van der Waals surface area contributed by atoms with Crippen molar-refractivity contribution in [3.05, 3.63) is 52.9 Å². The molecule has 108 valence electrons. The molecule has 1 unspecified atom stereocenters. The Balaban J connectivity index is 1.97. The van der Waals surface area contributed by atoms with Gasteiger partial charge in [0, 0.05) is 5.56 Å². The largest absolute Gasteiger partial charge is 0.324 e. The van der Waals surface area contributed by atoms with E-state index in [1.165, 1.54) is 16.9 Å². The van der Waals surface area contributed by atoms with E-state index in [1.807, 2.05) is 32.2 Å². The van der Waals surface area contributed by atoms with Gasteiger partial charge in [0.2, 0.25) is 0 Å². The lowest BCUT2D eigenvalue weighted by Crippen LogP contribution is -3.12. The number of quaternary nitrogens is 1. The Kier molecular flexibility index (Phi) is 5.09. The van der Waals surface area contributed by atoms with Gasteiger partial charge >= 0.3 is 0 Å². The molecular weight excluding hydrogens is 282 g/mol. The van der Waals surface area contributed by atoms with Gasteiger partial charge in [-0.25, -0.2) is 0 Å². The van der Waals surface area contributed by atoms with Gasteiger partial charge in [-0.2, -0.15) is 5.26 Å². The number of anilines is 1. The topological polar surface area (TPSA) is 57.3 Å². The SMILES string of the molecule is C[C@H](C(=O)Nc1sccc1C#N)[NH+](C)Cc1ccccc1. The predicted molar refractivity (Wildman–Crippen MR) is 84.2 cm³/mol. The monoisotopic (exact) mass is 300 g/mol. The molecule has 1 heterocycles. The van der Waals surface area contributed by atoms with Crippen molar-refractivity contribution >= 4 is 22.2 Å². The van der Waals surface area contributed by atoms with Crippen molar-refractivity contribution in [2.75, 3.05) is 12.4 Å². The first-order chi connectivity index (χ1) is 10.1. The summed E-state index contributed by atoms with van der Waals surface area (Å²) in [5.74, 6) is -0.0672. The van der Waals surface area contributed by atoms with E-state index in [0.29, 0.717) is 10.6 Å². The van der Waals surface area contributed by atoms with Crippen molar-refractivity contribution in [1.82, 2.24) is 0 Å². The van der Waals surface area contributed by atoms with Gasteiger partial charge in [0.15, 0.2) is 6.04 Å². The Hall–Kier alpha value is -2.16. The summed E-state index contributed by atoms with van der Waals surface area (Å²) < 4.78 is 0. The highest BCUT2D eigenvalue weighted by Crippen LogP contribution is 2.21. The number of carbonyl (C=O) groups excluding carboxylic acids is 1. The predicted octanol–water partition coefficient (Wildman–Crippen LogP) is 1.66. The van der Waals surface area contributed by atoms with Crippen molar-refractivity contribution in [2.45, 2.75) is 19.5 Å². The minimum absolute atomic E-state index is 0.0672. The molecule has 2 aromatic rings. The third kappa shape index (κ3) is 3.91. The van der Waals surface area contributed by atoms with Crippen LogP contribution >= 0.6 is 11.3 Å². The van der Waals surface area contributed by atoms with Crippen molar-refractivity contribution in [3.63, 3.8) is 0 Å². The Bertz CT molecular complexity index is 645. The Labute approximate surface area is 128 Å². The van der Waals surface area contributed by atoms with Gasteiger partial charge in [0.1, 0.15) is 17.6 Å². The first-order valence-electron chi connectivity index (χ1n) is 6.76. The van der Waals surface area contributed by atoms with Gasteiger partial charge in [0.25, 0.3) is 5.91 Å². The van der Waals surface area contributed by atoms with Crippen LogP contribution in [0.4, 0.5) is 5.00 Å². The molecule has 0 saturated heterocycles. The molecular formula is C16H18N3OS+. The molecule has 1 aromatic carbocycles. The van der Waals surface area contributed by atoms with Crippen LogP contribution in [0.25, 0.3) is 0 Å². The molecule has 2 atom stereocenters. The average Bonchev–Trinajstić information content (AvgIpc) is 2.94. The first kappa shape index (κ1) is 15.2. The highest BCUT2D eigenvalue weighted by molar-refractivity contribution is 7.14. The third-order valence-electron chi connectivity index (χ3n) is 3.48. The lowest BCUT2D eigenvalue weighted by molar-refractivity contribution is -0.907. The lowest BCUT2D eigenvalue weighted by atomic mass is 10.2. The molecule has 0 aliphatic carbocycles. The lowest BCUT2D eigenvalue weighted by Gasteiger charge is -2.20. The number of nitrogens with one attached hydrogen (secondary N) is 2. The molecule has 1 amide bonds. The maximum absolute atomic E-state index is 12.3. The zero-order valence-electron chi connectivity index (χ0n) is 12.1. The molecule has 1 aromatic heterocycles. The van der Waals surface area contributed by atoms with Crippen LogP contribution in [0.2, 0.25) is 0 Å². The minimum Gasteiger partial charge on any atom is -0.324 e. The van der Waals surface area contributed by atoms with Crippen LogP contribution in [-0.2, 0) is 11.3 Å². The van der Waals surface area contributed by atoms with Gasteiger partial charge in [-0.3, -0.25) is 4.79 Å². The molecule has 2 rings (SSSR count). The summed E-state index contributed by atoms with van der Waals surface area (Å²) in [6.07, 6.45) is 0. The molecule has 5 heteroatoms. The second-order valence-electron chi connectivity index (χ2n) is 4.99. The molecule has 0 fully saturated rings. The number of amides is 1. The van der Waals surface area contributed by atoms with E-state index in [1.54, 1.807) is 11.4 Å². The summed E-state index contributed by atoms with van der Waals surface area (Å²) in [6, 6.07) is 13.7. The van der Waals surface area contributed by atoms with E-state index in [2.05, 4.69) is 23.5 Å². The third-order valence-corrected chi connectivity index (χ3v) is 4.31. The molecule has 4 nitrogen and oxygen atoms in total. The van der Waals surface area contributed by atoms with Gasteiger partial charge in [-0.05, 0) is 18.4 Å². The number of nitriles is 1. The van der Waals surface area contributed by atoms with Crippen LogP contribution in [0, 0.1) is 11.3 Å². The maximum Gasteiger partial charge on any atom is 0.283 e. The van der Waals surface area contributed by atoms with E-state index < -0.39 is 0 Å². The first-order valence-corrected chi connectivity index (χ1v) is 7.64. The minimum atomic E-state index is -0.196. The van der Waals surface area contributed by atoms with Crippen molar-refractivity contribution in [3.8, 4) is 6.07 Å². The number of thiophene rings is 1. The molecule has 0 saturated carbocycles. The van der Waals surface area contributed by atoms with Crippen LogP contribution in [0.1, 0.15) is 18.1 Å². The van der Waals surface area contributed by atoms with Gasteiger partial charge in [0.05, 0.1) is 12.6 Å². The van der Waals surface area contributed by atoms with Crippen LogP contribution in [0.3, 0.4) is 0 Å². The number of benzene rings is 1. The summed E-state index contributed by atoms with van der Waals surface area (Å²) >= 11 is 1.37. The fourth-order valence-electron chi connectivity index (χ4n) is 2.01. The molecule has 21 heavy (non-hydrogen) atoms. The molecule has 2 N–H and O–H groups in total. The molecule has 0 radical (unpaired) electrons. The average molecular weight is 300 g/mol. The number of rotatable bonds is 5. The quantitative estimate of drug-likeness (QED) is 0.882. The number of likely N-dealkylation sites (N-methyl/N-ethyl adjacent to an activating group) is 1. The van der Waals surface area contributed by atoms with Crippen molar-refractivity contribution < 1.29 is 9.69 Å². The molecule has 0 bridgehead atoms. The fraction of sp³-hybridized carbons (Fsp3) is 0.250. The molecule has 0 aliphatic rings. The van der Waals surface area contributed by atoms with E-state index in [0.717, 1.165) is 11.4 Å². The van der Waals surface area contributed by atoms with Crippen molar-refractivity contribution in [2.24, 2.45) is 0 Å². The van der Waals surface area contributed by atoms with Crippen LogP contribution < -0.4 is 10.2 Å².